The van der Waals surface area contributed by atoms with E-state index in [2.05, 4.69) is 17.1 Å². The van der Waals surface area contributed by atoms with E-state index in [0.29, 0.717) is 30.2 Å². The molecular formula is C18H21N3O3. The first-order chi connectivity index (χ1) is 11.7. The zero-order valence-electron chi connectivity index (χ0n) is 13.9. The van der Waals surface area contributed by atoms with E-state index in [-0.39, 0.29) is 5.75 Å². The van der Waals surface area contributed by atoms with Crippen molar-refractivity contribution in [2.75, 3.05) is 13.2 Å². The van der Waals surface area contributed by atoms with E-state index in [0.717, 1.165) is 24.1 Å². The van der Waals surface area contributed by atoms with Crippen LogP contribution >= 0.6 is 0 Å². The summed E-state index contributed by atoms with van der Waals surface area (Å²) in [6.45, 7) is 5.28. The Labute approximate surface area is 140 Å². The Hall–Kier alpha value is -2.76. The molecule has 1 N–H and O–H groups in total. The molecule has 0 aliphatic carbocycles. The Morgan fingerprint density at radius 2 is 1.71 bits per heavy atom. The van der Waals surface area contributed by atoms with Crippen molar-refractivity contribution < 1.29 is 14.6 Å². The molecule has 1 heterocycles. The van der Waals surface area contributed by atoms with Crippen LogP contribution in [0.3, 0.4) is 0 Å². The second-order valence-corrected chi connectivity index (χ2v) is 5.43. The summed E-state index contributed by atoms with van der Waals surface area (Å²) in [7, 11) is 0. The van der Waals surface area contributed by atoms with Crippen molar-refractivity contribution in [2.24, 2.45) is 0 Å². The van der Waals surface area contributed by atoms with Gasteiger partial charge in [-0.05, 0) is 37.6 Å². The van der Waals surface area contributed by atoms with Crippen LogP contribution in [0.25, 0.3) is 16.7 Å². The lowest BCUT2D eigenvalue weighted by atomic mass is 10.3. The third kappa shape index (κ3) is 3.42. The largest absolute Gasteiger partial charge is 0.505 e. The number of fused-ring (bicyclic) bond motifs is 1. The predicted octanol–water partition coefficient (Wildman–Crippen LogP) is 3.70. The third-order valence-corrected chi connectivity index (χ3v) is 3.59. The SMILES string of the molecule is CCCCOc1ccc(-n2nc3ccc(OCC)cc3n2)c(O)c1. The minimum atomic E-state index is 0.0781. The normalized spacial score (nSPS) is 10.9. The van der Waals surface area contributed by atoms with Gasteiger partial charge in [0.25, 0.3) is 0 Å². The van der Waals surface area contributed by atoms with Crippen molar-refractivity contribution in [3.63, 3.8) is 0 Å². The average Bonchev–Trinajstić information content (AvgIpc) is 2.98. The van der Waals surface area contributed by atoms with Gasteiger partial charge < -0.3 is 14.6 Å². The number of unbranched alkanes of at least 4 members (excludes halogenated alkanes) is 1. The molecule has 0 unspecified atom stereocenters. The highest BCUT2D eigenvalue weighted by molar-refractivity contribution is 5.75. The second kappa shape index (κ2) is 7.21. The minimum Gasteiger partial charge on any atom is -0.505 e. The lowest BCUT2D eigenvalue weighted by Gasteiger charge is -2.08. The molecule has 0 spiro atoms. The molecule has 0 radical (unpaired) electrons. The van der Waals surface area contributed by atoms with Crippen LogP contribution in [0.4, 0.5) is 0 Å². The van der Waals surface area contributed by atoms with Gasteiger partial charge in [0, 0.05) is 12.1 Å². The van der Waals surface area contributed by atoms with Crippen molar-refractivity contribution in [1.82, 2.24) is 15.0 Å². The Balaban J connectivity index is 1.86. The number of nitrogens with zero attached hydrogens (tertiary/aromatic N) is 3. The van der Waals surface area contributed by atoms with Crippen LogP contribution in [0.1, 0.15) is 26.7 Å². The van der Waals surface area contributed by atoms with Crippen LogP contribution in [0.5, 0.6) is 17.2 Å². The summed E-state index contributed by atoms with van der Waals surface area (Å²) in [5.41, 5.74) is 1.96. The number of rotatable bonds is 7. The average molecular weight is 327 g/mol. The van der Waals surface area contributed by atoms with Crippen LogP contribution in [0.2, 0.25) is 0 Å². The molecule has 1 aromatic heterocycles. The van der Waals surface area contributed by atoms with E-state index >= 15 is 0 Å². The summed E-state index contributed by atoms with van der Waals surface area (Å²) < 4.78 is 11.1. The van der Waals surface area contributed by atoms with E-state index in [9.17, 15) is 5.11 Å². The van der Waals surface area contributed by atoms with Gasteiger partial charge in [-0.25, -0.2) is 0 Å². The standard InChI is InChI=1S/C18H21N3O3/c1-3-5-10-24-14-7-9-17(18(22)12-14)21-19-15-8-6-13(23-4-2)11-16(15)20-21/h6-9,11-12,22H,3-5,10H2,1-2H3. The second-order valence-electron chi connectivity index (χ2n) is 5.43. The zero-order valence-corrected chi connectivity index (χ0v) is 13.9. The maximum absolute atomic E-state index is 10.3. The van der Waals surface area contributed by atoms with Gasteiger partial charge in [-0.3, -0.25) is 0 Å². The number of benzene rings is 2. The summed E-state index contributed by atoms with van der Waals surface area (Å²) >= 11 is 0. The van der Waals surface area contributed by atoms with E-state index in [1.807, 2.05) is 31.2 Å². The maximum atomic E-state index is 10.3. The first-order valence-corrected chi connectivity index (χ1v) is 8.17. The summed E-state index contributed by atoms with van der Waals surface area (Å²) in [4.78, 5) is 1.42. The number of aromatic hydroxyl groups is 1. The number of phenols is 1. The van der Waals surface area contributed by atoms with Gasteiger partial charge in [0.1, 0.15) is 34.0 Å². The maximum Gasteiger partial charge on any atom is 0.146 e. The van der Waals surface area contributed by atoms with Crippen LogP contribution in [-0.4, -0.2) is 33.3 Å². The summed E-state index contributed by atoms with van der Waals surface area (Å²) in [5.74, 6) is 1.47. The van der Waals surface area contributed by atoms with Gasteiger partial charge >= 0.3 is 0 Å². The van der Waals surface area contributed by atoms with Gasteiger partial charge in [-0.15, -0.1) is 15.0 Å². The molecule has 0 fully saturated rings. The molecule has 3 aromatic rings. The van der Waals surface area contributed by atoms with Crippen molar-refractivity contribution in [1.29, 1.82) is 0 Å². The Morgan fingerprint density at radius 1 is 0.958 bits per heavy atom. The molecule has 24 heavy (non-hydrogen) atoms. The topological polar surface area (TPSA) is 69.4 Å². The molecule has 0 atom stereocenters. The zero-order chi connectivity index (χ0) is 16.9. The number of aromatic nitrogens is 3. The number of phenolic OH excluding ortho intramolecular Hbond substituents is 1. The highest BCUT2D eigenvalue weighted by Crippen LogP contribution is 2.27. The molecule has 0 saturated heterocycles. The lowest BCUT2D eigenvalue weighted by Crippen LogP contribution is -2.00. The van der Waals surface area contributed by atoms with E-state index in [1.54, 1.807) is 12.1 Å². The van der Waals surface area contributed by atoms with Crippen LogP contribution < -0.4 is 9.47 Å². The van der Waals surface area contributed by atoms with Crippen LogP contribution in [0, 0.1) is 0 Å². The van der Waals surface area contributed by atoms with Crippen molar-refractivity contribution in [2.45, 2.75) is 26.7 Å². The molecule has 0 aliphatic rings. The monoisotopic (exact) mass is 327 g/mol. The molecule has 126 valence electrons. The molecule has 0 amide bonds. The van der Waals surface area contributed by atoms with Crippen molar-refractivity contribution >= 4 is 11.0 Å². The molecule has 0 saturated carbocycles. The summed E-state index contributed by atoms with van der Waals surface area (Å²) in [6.07, 6.45) is 2.05. The number of ether oxygens (including phenoxy) is 2. The fourth-order valence-electron chi connectivity index (χ4n) is 2.36. The highest BCUT2D eigenvalue weighted by atomic mass is 16.5. The molecule has 0 bridgehead atoms. The molecule has 2 aromatic carbocycles. The quantitative estimate of drug-likeness (QED) is 0.670. The molecule has 6 nitrogen and oxygen atoms in total. The van der Waals surface area contributed by atoms with Gasteiger partial charge in [0.15, 0.2) is 0 Å². The number of hydrogen-bond donors (Lipinski definition) is 1. The van der Waals surface area contributed by atoms with Crippen LogP contribution in [-0.2, 0) is 0 Å². The minimum absolute atomic E-state index is 0.0781. The molecule has 0 aliphatic heterocycles. The van der Waals surface area contributed by atoms with Crippen LogP contribution in [0.15, 0.2) is 36.4 Å². The lowest BCUT2D eigenvalue weighted by molar-refractivity contribution is 0.307. The summed E-state index contributed by atoms with van der Waals surface area (Å²) in [6, 6.07) is 10.7. The van der Waals surface area contributed by atoms with Crippen molar-refractivity contribution in [3.8, 4) is 22.9 Å². The van der Waals surface area contributed by atoms with E-state index in [4.69, 9.17) is 9.47 Å². The van der Waals surface area contributed by atoms with Gasteiger partial charge in [-0.2, -0.15) is 0 Å². The smallest absolute Gasteiger partial charge is 0.146 e. The third-order valence-electron chi connectivity index (χ3n) is 3.59. The highest BCUT2D eigenvalue weighted by Gasteiger charge is 2.11. The van der Waals surface area contributed by atoms with E-state index < -0.39 is 0 Å². The predicted molar refractivity (Wildman–Crippen MR) is 92.1 cm³/mol. The van der Waals surface area contributed by atoms with Gasteiger partial charge in [0.05, 0.1) is 13.2 Å². The van der Waals surface area contributed by atoms with Gasteiger partial charge in [-0.1, -0.05) is 13.3 Å². The Morgan fingerprint density at radius 3 is 2.46 bits per heavy atom. The fourth-order valence-corrected chi connectivity index (χ4v) is 2.36. The van der Waals surface area contributed by atoms with E-state index in [1.165, 1.54) is 4.80 Å². The number of hydrogen-bond acceptors (Lipinski definition) is 5. The van der Waals surface area contributed by atoms with Crippen molar-refractivity contribution in [3.05, 3.63) is 36.4 Å². The first-order valence-electron chi connectivity index (χ1n) is 8.17. The Bertz CT molecular complexity index is 829. The summed E-state index contributed by atoms with van der Waals surface area (Å²) in [5, 5.41) is 19.1. The van der Waals surface area contributed by atoms with Gasteiger partial charge in [0.2, 0.25) is 0 Å². The molecule has 3 rings (SSSR count). The Kier molecular flexibility index (Phi) is 4.84. The molecular weight excluding hydrogens is 306 g/mol. The fraction of sp³-hybridized carbons (Fsp3) is 0.333. The molecule has 6 heteroatoms. The first kappa shape index (κ1) is 16.1.